The van der Waals surface area contributed by atoms with E-state index in [-0.39, 0.29) is 19.6 Å². The van der Waals surface area contributed by atoms with Crippen LogP contribution in [0.2, 0.25) is 0 Å². The van der Waals surface area contributed by atoms with Crippen molar-refractivity contribution in [2.45, 2.75) is 18.4 Å². The molecule has 19 heavy (non-hydrogen) atoms. The molecule has 1 amide bonds. The van der Waals surface area contributed by atoms with Crippen molar-refractivity contribution in [2.75, 3.05) is 19.7 Å². The largest absolute Gasteiger partial charge is 0.485 e. The maximum absolute atomic E-state index is 13.1. The van der Waals surface area contributed by atoms with Crippen LogP contribution in [0.4, 0.5) is 8.78 Å². The van der Waals surface area contributed by atoms with Crippen molar-refractivity contribution in [1.82, 2.24) is 4.90 Å². The Morgan fingerprint density at radius 3 is 2.74 bits per heavy atom. The Morgan fingerprint density at radius 1 is 1.32 bits per heavy atom. The van der Waals surface area contributed by atoms with Crippen molar-refractivity contribution in [3.05, 3.63) is 24.3 Å². The van der Waals surface area contributed by atoms with Crippen LogP contribution in [0, 0.1) is 0 Å². The molecule has 0 bridgehead atoms. The molecule has 0 aliphatic carbocycles. The van der Waals surface area contributed by atoms with Crippen LogP contribution >= 0.6 is 0 Å². The van der Waals surface area contributed by atoms with E-state index in [0.29, 0.717) is 11.5 Å². The first-order chi connectivity index (χ1) is 9.05. The van der Waals surface area contributed by atoms with Gasteiger partial charge in [-0.25, -0.2) is 8.78 Å². The first kappa shape index (κ1) is 12.2. The molecule has 0 radical (unpaired) electrons. The number of ether oxygens (including phenoxy) is 2. The van der Waals surface area contributed by atoms with Gasteiger partial charge in [-0.2, -0.15) is 0 Å². The molecule has 6 heteroatoms. The number of halogens is 2. The van der Waals surface area contributed by atoms with Crippen molar-refractivity contribution in [3.8, 4) is 11.5 Å². The van der Waals surface area contributed by atoms with Crippen molar-refractivity contribution in [3.63, 3.8) is 0 Å². The van der Waals surface area contributed by atoms with Gasteiger partial charge in [0.1, 0.15) is 6.61 Å². The number of amides is 1. The molecule has 3 rings (SSSR count). The number of rotatable bonds is 1. The molecule has 0 N–H and O–H groups in total. The SMILES string of the molecule is O=C([C@@H]1COc2ccccc2O1)N1CCC(F)(F)C1. The van der Waals surface area contributed by atoms with E-state index in [1.807, 2.05) is 0 Å². The normalized spacial score (nSPS) is 24.3. The third kappa shape index (κ3) is 2.34. The van der Waals surface area contributed by atoms with Crippen LogP contribution in [0.1, 0.15) is 6.42 Å². The maximum Gasteiger partial charge on any atom is 0.267 e. The van der Waals surface area contributed by atoms with Crippen molar-refractivity contribution in [2.24, 2.45) is 0 Å². The van der Waals surface area contributed by atoms with E-state index in [9.17, 15) is 13.6 Å². The Kier molecular flexibility index (Phi) is 2.80. The first-order valence-electron chi connectivity index (χ1n) is 6.10. The molecule has 1 aromatic rings. The molecule has 0 aromatic heterocycles. The van der Waals surface area contributed by atoms with Gasteiger partial charge in [0.15, 0.2) is 11.5 Å². The number of hydrogen-bond acceptors (Lipinski definition) is 3. The fraction of sp³-hybridized carbons (Fsp3) is 0.462. The second kappa shape index (κ2) is 4.36. The van der Waals surface area contributed by atoms with E-state index in [1.165, 1.54) is 0 Å². The third-order valence-corrected chi connectivity index (χ3v) is 3.27. The zero-order valence-electron chi connectivity index (χ0n) is 10.1. The summed E-state index contributed by atoms with van der Waals surface area (Å²) in [5.74, 6) is -2.19. The minimum absolute atomic E-state index is 0.0535. The van der Waals surface area contributed by atoms with Crippen LogP contribution in [0.25, 0.3) is 0 Å². The molecule has 1 atom stereocenters. The highest BCUT2D eigenvalue weighted by Gasteiger charge is 2.43. The average Bonchev–Trinajstić information content (AvgIpc) is 2.78. The number of carbonyl (C=O) groups is 1. The van der Waals surface area contributed by atoms with Crippen LogP contribution < -0.4 is 9.47 Å². The topological polar surface area (TPSA) is 38.8 Å². The predicted molar refractivity (Wildman–Crippen MR) is 62.5 cm³/mol. The molecule has 2 heterocycles. The Bertz CT molecular complexity index is 506. The van der Waals surface area contributed by atoms with E-state index < -0.39 is 24.5 Å². The van der Waals surface area contributed by atoms with Crippen molar-refractivity contribution >= 4 is 5.91 Å². The molecule has 0 saturated carbocycles. The summed E-state index contributed by atoms with van der Waals surface area (Å²) in [5.41, 5.74) is 0. The fourth-order valence-electron chi connectivity index (χ4n) is 2.27. The monoisotopic (exact) mass is 269 g/mol. The van der Waals surface area contributed by atoms with Crippen LogP contribution in [-0.4, -0.2) is 42.5 Å². The highest BCUT2D eigenvalue weighted by molar-refractivity contribution is 5.82. The van der Waals surface area contributed by atoms with E-state index in [0.717, 1.165) is 4.90 Å². The summed E-state index contributed by atoms with van der Waals surface area (Å²) in [6.45, 7) is -0.418. The molecule has 102 valence electrons. The highest BCUT2D eigenvalue weighted by atomic mass is 19.3. The number of likely N-dealkylation sites (tertiary alicyclic amines) is 1. The molecule has 4 nitrogen and oxygen atoms in total. The Morgan fingerprint density at radius 2 is 2.05 bits per heavy atom. The minimum atomic E-state index is -2.79. The lowest BCUT2D eigenvalue weighted by molar-refractivity contribution is -0.141. The molecule has 1 aromatic carbocycles. The number of para-hydroxylation sites is 2. The van der Waals surface area contributed by atoms with Gasteiger partial charge in [0, 0.05) is 13.0 Å². The van der Waals surface area contributed by atoms with Gasteiger partial charge in [0.2, 0.25) is 6.10 Å². The zero-order valence-corrected chi connectivity index (χ0v) is 10.1. The first-order valence-corrected chi connectivity index (χ1v) is 6.10. The lowest BCUT2D eigenvalue weighted by atomic mass is 10.2. The smallest absolute Gasteiger partial charge is 0.267 e. The van der Waals surface area contributed by atoms with E-state index >= 15 is 0 Å². The summed E-state index contributed by atoms with van der Waals surface area (Å²) in [5, 5.41) is 0. The van der Waals surface area contributed by atoms with Gasteiger partial charge in [-0.05, 0) is 12.1 Å². The van der Waals surface area contributed by atoms with Gasteiger partial charge >= 0.3 is 0 Å². The summed E-state index contributed by atoms with van der Waals surface area (Å²) in [6.07, 6.45) is -1.13. The van der Waals surface area contributed by atoms with Crippen molar-refractivity contribution < 1.29 is 23.0 Å². The second-order valence-electron chi connectivity index (χ2n) is 4.73. The molecule has 0 unspecified atom stereocenters. The molecular weight excluding hydrogens is 256 g/mol. The number of benzene rings is 1. The zero-order chi connectivity index (χ0) is 13.5. The summed E-state index contributed by atoms with van der Waals surface area (Å²) in [7, 11) is 0. The summed E-state index contributed by atoms with van der Waals surface area (Å²) >= 11 is 0. The highest BCUT2D eigenvalue weighted by Crippen LogP contribution is 2.32. The van der Waals surface area contributed by atoms with Crippen LogP contribution in [0.5, 0.6) is 11.5 Å². The predicted octanol–water partition coefficient (Wildman–Crippen LogP) is 1.69. The van der Waals surface area contributed by atoms with E-state index in [1.54, 1.807) is 24.3 Å². The Hall–Kier alpha value is -1.85. The standard InChI is InChI=1S/C13H13F2NO3/c14-13(15)5-6-16(8-13)12(17)11-7-18-9-3-1-2-4-10(9)19-11/h1-4,11H,5-8H2/t11-/m0/s1. The van der Waals surface area contributed by atoms with Gasteiger partial charge in [-0.1, -0.05) is 12.1 Å². The van der Waals surface area contributed by atoms with Gasteiger partial charge in [-0.3, -0.25) is 4.79 Å². The lowest BCUT2D eigenvalue weighted by Gasteiger charge is -2.28. The third-order valence-electron chi connectivity index (χ3n) is 3.27. The molecular formula is C13H13F2NO3. The average molecular weight is 269 g/mol. The Labute approximate surface area is 108 Å². The van der Waals surface area contributed by atoms with E-state index in [4.69, 9.17) is 9.47 Å². The number of carbonyl (C=O) groups excluding carboxylic acids is 1. The number of fused-ring (bicyclic) bond motifs is 1. The minimum Gasteiger partial charge on any atom is -0.485 e. The fourth-order valence-corrected chi connectivity index (χ4v) is 2.27. The number of hydrogen-bond donors (Lipinski definition) is 0. The van der Waals surface area contributed by atoms with Gasteiger partial charge in [-0.15, -0.1) is 0 Å². The van der Waals surface area contributed by atoms with Crippen molar-refractivity contribution in [1.29, 1.82) is 0 Å². The summed E-state index contributed by atoms with van der Waals surface area (Å²) in [4.78, 5) is 13.2. The molecule has 1 fully saturated rings. The van der Waals surface area contributed by atoms with Crippen LogP contribution in [0.3, 0.4) is 0 Å². The van der Waals surface area contributed by atoms with Crippen LogP contribution in [0.15, 0.2) is 24.3 Å². The van der Waals surface area contributed by atoms with Crippen LogP contribution in [-0.2, 0) is 4.79 Å². The lowest BCUT2D eigenvalue weighted by Crippen LogP contribution is -2.46. The number of alkyl halides is 2. The molecule has 1 saturated heterocycles. The van der Waals surface area contributed by atoms with E-state index in [2.05, 4.69) is 0 Å². The molecule has 2 aliphatic heterocycles. The molecule has 2 aliphatic rings. The second-order valence-corrected chi connectivity index (χ2v) is 4.73. The quantitative estimate of drug-likeness (QED) is 0.779. The Balaban J connectivity index is 1.70. The summed E-state index contributed by atoms with van der Waals surface area (Å²) < 4.78 is 37.1. The number of nitrogens with zero attached hydrogens (tertiary/aromatic N) is 1. The summed E-state index contributed by atoms with van der Waals surface area (Å²) in [6, 6.07) is 6.98. The van der Waals surface area contributed by atoms with Gasteiger partial charge in [0.25, 0.3) is 11.8 Å². The van der Waals surface area contributed by atoms with Gasteiger partial charge in [0.05, 0.1) is 6.54 Å². The maximum atomic E-state index is 13.1. The molecule has 0 spiro atoms. The van der Waals surface area contributed by atoms with Gasteiger partial charge < -0.3 is 14.4 Å².